The molecule has 2 fully saturated rings. The molecule has 7 heteroatoms. The van der Waals surface area contributed by atoms with Crippen molar-refractivity contribution in [2.75, 3.05) is 13.2 Å². The maximum absolute atomic E-state index is 13.5. The zero-order valence-electron chi connectivity index (χ0n) is 21.0. The molecule has 3 atom stereocenters. The van der Waals surface area contributed by atoms with Crippen molar-refractivity contribution < 1.29 is 14.3 Å². The van der Waals surface area contributed by atoms with Gasteiger partial charge in [-0.3, -0.25) is 9.59 Å². The van der Waals surface area contributed by atoms with E-state index >= 15 is 0 Å². The molecular weight excluding hydrogens is 492 g/mol. The van der Waals surface area contributed by atoms with Gasteiger partial charge in [-0.15, -0.1) is 11.8 Å². The van der Waals surface area contributed by atoms with Gasteiger partial charge in [-0.25, -0.2) is 0 Å². The molecule has 0 spiro atoms. The predicted octanol–water partition coefficient (Wildman–Crippen LogP) is 6.62. The number of amides is 2. The zero-order chi connectivity index (χ0) is 25.5. The Morgan fingerprint density at radius 1 is 1.19 bits per heavy atom. The van der Waals surface area contributed by atoms with Crippen LogP contribution in [0.3, 0.4) is 0 Å². The van der Waals surface area contributed by atoms with Crippen molar-refractivity contribution in [3.63, 3.8) is 0 Å². The standard InChI is InChI=1S/C29H35ClN2O3S/c1-3-4-17-35-23-15-13-21(14-16-23)20(2)31-28(33)19-32-25-11-7-8-12-26(25)36-27(29(32)34)18-22-9-5-6-10-24(22)30/h5-6,9-10,13-16,18,20,25-26H,3-4,7-8,11-12,17,19H2,1-2H3,(H,31,33)/b27-18+. The summed E-state index contributed by atoms with van der Waals surface area (Å²) in [4.78, 5) is 29.1. The number of rotatable bonds is 9. The minimum absolute atomic E-state index is 0.0585. The highest BCUT2D eigenvalue weighted by Gasteiger charge is 2.41. The number of nitrogens with one attached hydrogen (secondary N) is 1. The van der Waals surface area contributed by atoms with Crippen LogP contribution in [0.5, 0.6) is 5.75 Å². The summed E-state index contributed by atoms with van der Waals surface area (Å²) in [6.45, 7) is 4.87. The number of nitrogens with zero attached hydrogens (tertiary/aromatic N) is 1. The molecule has 2 aromatic carbocycles. The van der Waals surface area contributed by atoms with Crippen LogP contribution in [-0.4, -0.2) is 41.2 Å². The van der Waals surface area contributed by atoms with Gasteiger partial charge in [-0.05, 0) is 61.6 Å². The maximum atomic E-state index is 13.5. The molecule has 1 saturated heterocycles. The number of carbonyl (C=O) groups excluding carboxylic acids is 2. The maximum Gasteiger partial charge on any atom is 0.261 e. The van der Waals surface area contributed by atoms with E-state index in [0.717, 1.165) is 55.4 Å². The number of fused-ring (bicyclic) bond motifs is 1. The van der Waals surface area contributed by atoms with Crippen LogP contribution in [0.25, 0.3) is 6.08 Å². The van der Waals surface area contributed by atoms with Crippen molar-refractivity contribution in [1.29, 1.82) is 0 Å². The number of carbonyl (C=O) groups is 2. The highest BCUT2D eigenvalue weighted by atomic mass is 35.5. The average Bonchev–Trinajstić information content (AvgIpc) is 2.88. The Morgan fingerprint density at radius 2 is 1.94 bits per heavy atom. The quantitative estimate of drug-likeness (QED) is 0.294. The van der Waals surface area contributed by atoms with Gasteiger partial charge < -0.3 is 15.0 Å². The lowest BCUT2D eigenvalue weighted by atomic mass is 9.93. The minimum atomic E-state index is -0.170. The van der Waals surface area contributed by atoms with Crippen molar-refractivity contribution in [2.24, 2.45) is 0 Å². The van der Waals surface area contributed by atoms with Gasteiger partial charge in [0.1, 0.15) is 12.3 Å². The molecule has 1 heterocycles. The molecule has 2 aromatic rings. The molecule has 1 saturated carbocycles. The summed E-state index contributed by atoms with van der Waals surface area (Å²) < 4.78 is 5.74. The second kappa shape index (κ2) is 12.7. The first-order valence-corrected chi connectivity index (χ1v) is 14.2. The first-order chi connectivity index (χ1) is 17.5. The molecule has 3 unspecified atom stereocenters. The van der Waals surface area contributed by atoms with E-state index in [1.807, 2.05) is 61.5 Å². The molecule has 5 nitrogen and oxygen atoms in total. The molecular formula is C29H35ClN2O3S. The molecule has 2 amide bonds. The molecule has 1 aliphatic carbocycles. The van der Waals surface area contributed by atoms with E-state index in [1.165, 1.54) is 0 Å². The van der Waals surface area contributed by atoms with Crippen LogP contribution >= 0.6 is 23.4 Å². The van der Waals surface area contributed by atoms with E-state index in [0.29, 0.717) is 21.8 Å². The monoisotopic (exact) mass is 526 g/mol. The fourth-order valence-corrected chi connectivity index (χ4v) is 6.46. The first-order valence-electron chi connectivity index (χ1n) is 12.9. The highest BCUT2D eigenvalue weighted by molar-refractivity contribution is 8.04. The number of hydrogen-bond acceptors (Lipinski definition) is 4. The summed E-state index contributed by atoms with van der Waals surface area (Å²) in [6, 6.07) is 15.3. The van der Waals surface area contributed by atoms with Crippen LogP contribution in [0.2, 0.25) is 5.02 Å². The number of unbranched alkanes of at least 4 members (excludes halogenated alkanes) is 1. The lowest BCUT2D eigenvalue weighted by molar-refractivity contribution is -0.135. The molecule has 1 N–H and O–H groups in total. The lowest BCUT2D eigenvalue weighted by Gasteiger charge is -2.44. The van der Waals surface area contributed by atoms with Crippen molar-refractivity contribution in [1.82, 2.24) is 10.2 Å². The summed E-state index contributed by atoms with van der Waals surface area (Å²) in [5.41, 5.74) is 1.82. The van der Waals surface area contributed by atoms with E-state index in [4.69, 9.17) is 16.3 Å². The molecule has 2 aliphatic rings. The largest absolute Gasteiger partial charge is 0.494 e. The Hall–Kier alpha value is -2.44. The molecule has 1 aliphatic heterocycles. The number of ether oxygens (including phenoxy) is 1. The summed E-state index contributed by atoms with van der Waals surface area (Å²) in [7, 11) is 0. The van der Waals surface area contributed by atoms with Crippen LogP contribution in [0.15, 0.2) is 53.4 Å². The van der Waals surface area contributed by atoms with E-state index < -0.39 is 0 Å². The number of halogens is 1. The van der Waals surface area contributed by atoms with Crippen molar-refractivity contribution in [3.8, 4) is 5.75 Å². The van der Waals surface area contributed by atoms with Gasteiger partial charge in [-0.1, -0.05) is 68.1 Å². The molecule has 4 rings (SSSR count). The highest BCUT2D eigenvalue weighted by Crippen LogP contribution is 2.42. The minimum Gasteiger partial charge on any atom is -0.494 e. The Morgan fingerprint density at radius 3 is 2.69 bits per heavy atom. The number of hydrogen-bond donors (Lipinski definition) is 1. The molecule has 36 heavy (non-hydrogen) atoms. The molecule has 0 bridgehead atoms. The first kappa shape index (κ1) is 26.6. The lowest BCUT2D eigenvalue weighted by Crippen LogP contribution is -2.54. The smallest absolute Gasteiger partial charge is 0.261 e. The van der Waals surface area contributed by atoms with E-state index in [2.05, 4.69) is 12.2 Å². The summed E-state index contributed by atoms with van der Waals surface area (Å²) in [5, 5.41) is 4.00. The topological polar surface area (TPSA) is 58.6 Å². The normalized spacial score (nSPS) is 21.7. The fourth-order valence-electron chi connectivity index (χ4n) is 4.81. The number of benzene rings is 2. The third-order valence-electron chi connectivity index (χ3n) is 6.85. The van der Waals surface area contributed by atoms with E-state index in [-0.39, 0.29) is 30.4 Å². The van der Waals surface area contributed by atoms with Crippen molar-refractivity contribution in [2.45, 2.75) is 69.7 Å². The molecule has 0 aromatic heterocycles. The van der Waals surface area contributed by atoms with Gasteiger partial charge in [0.2, 0.25) is 5.91 Å². The third kappa shape index (κ3) is 6.65. The Balaban J connectivity index is 1.43. The van der Waals surface area contributed by atoms with Gasteiger partial charge in [0, 0.05) is 16.3 Å². The van der Waals surface area contributed by atoms with E-state index in [1.54, 1.807) is 16.7 Å². The van der Waals surface area contributed by atoms with Gasteiger partial charge >= 0.3 is 0 Å². The van der Waals surface area contributed by atoms with Gasteiger partial charge in [0.25, 0.3) is 5.91 Å². The molecule has 192 valence electrons. The Bertz CT molecular complexity index is 1090. The van der Waals surface area contributed by atoms with Crippen LogP contribution in [0.4, 0.5) is 0 Å². The second-order valence-corrected chi connectivity index (χ2v) is 11.2. The zero-order valence-corrected chi connectivity index (χ0v) is 22.6. The van der Waals surface area contributed by atoms with E-state index in [9.17, 15) is 9.59 Å². The van der Waals surface area contributed by atoms with Gasteiger partial charge in [0.05, 0.1) is 17.6 Å². The van der Waals surface area contributed by atoms with Crippen LogP contribution in [-0.2, 0) is 9.59 Å². The van der Waals surface area contributed by atoms with Crippen molar-refractivity contribution in [3.05, 3.63) is 69.6 Å². The fraction of sp³-hybridized carbons (Fsp3) is 0.448. The number of thioether (sulfide) groups is 1. The predicted molar refractivity (Wildman–Crippen MR) is 148 cm³/mol. The Kier molecular flexibility index (Phi) is 9.38. The van der Waals surface area contributed by atoms with Gasteiger partial charge in [-0.2, -0.15) is 0 Å². The Labute approximate surface area is 223 Å². The van der Waals surface area contributed by atoms with Crippen LogP contribution in [0.1, 0.15) is 69.5 Å². The van der Waals surface area contributed by atoms with Crippen LogP contribution < -0.4 is 10.1 Å². The van der Waals surface area contributed by atoms with Crippen LogP contribution in [0, 0.1) is 0 Å². The summed E-state index contributed by atoms with van der Waals surface area (Å²) >= 11 is 8.00. The second-order valence-electron chi connectivity index (χ2n) is 9.53. The average molecular weight is 527 g/mol. The van der Waals surface area contributed by atoms with Crippen molar-refractivity contribution >= 4 is 41.3 Å². The SMILES string of the molecule is CCCCOc1ccc(C(C)NC(=O)CN2C(=O)/C(=C\c3ccccc3Cl)SC3CCCCC32)cc1. The molecule has 0 radical (unpaired) electrons. The van der Waals surface area contributed by atoms with Gasteiger partial charge in [0.15, 0.2) is 0 Å². The third-order valence-corrected chi connectivity index (χ3v) is 8.59. The summed E-state index contributed by atoms with van der Waals surface area (Å²) in [5.74, 6) is 0.607. The summed E-state index contributed by atoms with van der Waals surface area (Å²) in [6.07, 6.45) is 8.21.